The Morgan fingerprint density at radius 2 is 1.78 bits per heavy atom. The lowest BCUT2D eigenvalue weighted by Gasteiger charge is -2.14. The minimum atomic E-state index is -0.351. The van der Waals surface area contributed by atoms with E-state index in [2.05, 4.69) is 38.3 Å². The van der Waals surface area contributed by atoms with E-state index in [9.17, 15) is 4.79 Å². The highest BCUT2D eigenvalue weighted by Gasteiger charge is 2.12. The summed E-state index contributed by atoms with van der Waals surface area (Å²) in [5.74, 6) is 0.608. The Labute approximate surface area is 112 Å². The van der Waals surface area contributed by atoms with Crippen LogP contribution in [0.15, 0.2) is 0 Å². The summed E-state index contributed by atoms with van der Waals surface area (Å²) in [5, 5.41) is 6.21. The van der Waals surface area contributed by atoms with Crippen molar-refractivity contribution >= 4 is 5.91 Å². The second-order valence-corrected chi connectivity index (χ2v) is 5.45. The van der Waals surface area contributed by atoms with Gasteiger partial charge in [-0.05, 0) is 32.2 Å². The zero-order valence-corrected chi connectivity index (χ0v) is 12.6. The molecule has 0 rings (SSSR count). The summed E-state index contributed by atoms with van der Waals surface area (Å²) < 4.78 is 5.49. The lowest BCUT2D eigenvalue weighted by Crippen LogP contribution is -2.36. The van der Waals surface area contributed by atoms with Gasteiger partial charge in [0.1, 0.15) is 6.10 Å². The third-order valence-electron chi connectivity index (χ3n) is 2.63. The number of carbonyl (C=O) groups excluding carboxylic acids is 1. The van der Waals surface area contributed by atoms with Crippen molar-refractivity contribution in [3.63, 3.8) is 0 Å². The molecule has 0 spiro atoms. The molecule has 4 nitrogen and oxygen atoms in total. The van der Waals surface area contributed by atoms with Gasteiger partial charge in [-0.1, -0.05) is 27.7 Å². The fraction of sp³-hybridized carbons (Fsp3) is 0.929. The maximum absolute atomic E-state index is 11.6. The number of carbonyl (C=O) groups is 1. The maximum atomic E-state index is 11.6. The second kappa shape index (κ2) is 10.3. The van der Waals surface area contributed by atoms with Crippen LogP contribution in [0.1, 0.15) is 47.5 Å². The van der Waals surface area contributed by atoms with Crippen molar-refractivity contribution in [2.75, 3.05) is 19.7 Å². The standard InChI is InChI=1S/C14H30N2O2/c1-11(2)7-9-16-14(17)13(5)18-10-6-8-15-12(3)4/h11-13,15H,6-10H2,1-5H3,(H,16,17). The molecule has 0 aromatic heterocycles. The molecule has 1 unspecified atom stereocenters. The van der Waals surface area contributed by atoms with Crippen LogP contribution in [0.4, 0.5) is 0 Å². The van der Waals surface area contributed by atoms with Gasteiger partial charge in [0, 0.05) is 19.2 Å². The van der Waals surface area contributed by atoms with E-state index in [0.29, 0.717) is 18.6 Å². The van der Waals surface area contributed by atoms with Gasteiger partial charge >= 0.3 is 0 Å². The van der Waals surface area contributed by atoms with Crippen LogP contribution in [0.2, 0.25) is 0 Å². The van der Waals surface area contributed by atoms with Gasteiger partial charge in [-0.15, -0.1) is 0 Å². The summed E-state index contributed by atoms with van der Waals surface area (Å²) in [6.07, 6.45) is 1.59. The molecule has 0 aliphatic heterocycles. The molecule has 0 bridgehead atoms. The highest BCUT2D eigenvalue weighted by atomic mass is 16.5. The number of ether oxygens (including phenoxy) is 1. The van der Waals surface area contributed by atoms with Gasteiger partial charge in [0.15, 0.2) is 0 Å². The lowest BCUT2D eigenvalue weighted by molar-refractivity contribution is -0.131. The molecule has 108 valence electrons. The summed E-state index contributed by atoms with van der Waals surface area (Å²) in [5.41, 5.74) is 0. The van der Waals surface area contributed by atoms with E-state index in [0.717, 1.165) is 25.9 Å². The molecule has 1 atom stereocenters. The van der Waals surface area contributed by atoms with Crippen LogP contribution in [0.25, 0.3) is 0 Å². The molecular formula is C14H30N2O2. The van der Waals surface area contributed by atoms with Gasteiger partial charge in [0.25, 0.3) is 0 Å². The lowest BCUT2D eigenvalue weighted by atomic mass is 10.1. The first kappa shape index (κ1) is 17.4. The Hall–Kier alpha value is -0.610. The summed E-state index contributed by atoms with van der Waals surface area (Å²) in [6.45, 7) is 12.6. The Morgan fingerprint density at radius 1 is 1.11 bits per heavy atom. The zero-order valence-electron chi connectivity index (χ0n) is 12.6. The largest absolute Gasteiger partial charge is 0.369 e. The Morgan fingerprint density at radius 3 is 2.33 bits per heavy atom. The third kappa shape index (κ3) is 10.5. The van der Waals surface area contributed by atoms with Gasteiger partial charge in [0.2, 0.25) is 5.91 Å². The highest BCUT2D eigenvalue weighted by molar-refractivity contribution is 5.80. The minimum absolute atomic E-state index is 0.00697. The summed E-state index contributed by atoms with van der Waals surface area (Å²) in [4.78, 5) is 11.6. The normalized spacial score (nSPS) is 13.1. The van der Waals surface area contributed by atoms with Crippen LogP contribution in [0.5, 0.6) is 0 Å². The van der Waals surface area contributed by atoms with Crippen molar-refractivity contribution in [3.8, 4) is 0 Å². The molecule has 0 saturated carbocycles. The van der Waals surface area contributed by atoms with Crippen LogP contribution in [-0.2, 0) is 9.53 Å². The fourth-order valence-electron chi connectivity index (χ4n) is 1.43. The molecule has 1 amide bonds. The molecule has 18 heavy (non-hydrogen) atoms. The topological polar surface area (TPSA) is 50.4 Å². The molecule has 0 aromatic rings. The van der Waals surface area contributed by atoms with Crippen LogP contribution in [-0.4, -0.2) is 37.7 Å². The van der Waals surface area contributed by atoms with Gasteiger partial charge in [-0.2, -0.15) is 0 Å². The number of hydrogen-bond acceptors (Lipinski definition) is 3. The first-order chi connectivity index (χ1) is 8.43. The van der Waals surface area contributed by atoms with E-state index in [4.69, 9.17) is 4.74 Å². The molecule has 0 saturated heterocycles. The summed E-state index contributed by atoms with van der Waals surface area (Å²) >= 11 is 0. The quantitative estimate of drug-likeness (QED) is 0.589. The van der Waals surface area contributed by atoms with Crippen molar-refractivity contribution in [2.45, 2.75) is 59.6 Å². The molecule has 0 aromatic carbocycles. The minimum Gasteiger partial charge on any atom is -0.369 e. The predicted octanol–water partition coefficient (Wildman–Crippen LogP) is 1.94. The van der Waals surface area contributed by atoms with Gasteiger partial charge < -0.3 is 15.4 Å². The van der Waals surface area contributed by atoms with E-state index in [1.807, 2.05) is 0 Å². The van der Waals surface area contributed by atoms with Crippen molar-refractivity contribution in [2.24, 2.45) is 5.92 Å². The predicted molar refractivity (Wildman–Crippen MR) is 75.6 cm³/mol. The maximum Gasteiger partial charge on any atom is 0.248 e. The van der Waals surface area contributed by atoms with Crippen LogP contribution >= 0.6 is 0 Å². The molecule has 2 N–H and O–H groups in total. The van der Waals surface area contributed by atoms with E-state index >= 15 is 0 Å². The Balaban J connectivity index is 3.50. The summed E-state index contributed by atoms with van der Waals surface area (Å²) in [7, 11) is 0. The van der Waals surface area contributed by atoms with Crippen molar-refractivity contribution in [3.05, 3.63) is 0 Å². The SMILES string of the molecule is CC(C)CCNC(=O)C(C)OCCCNC(C)C. The molecule has 0 fully saturated rings. The van der Waals surface area contributed by atoms with Crippen molar-refractivity contribution < 1.29 is 9.53 Å². The first-order valence-electron chi connectivity index (χ1n) is 7.06. The Kier molecular flexibility index (Phi) is 9.98. The van der Waals surface area contributed by atoms with Crippen LogP contribution in [0.3, 0.4) is 0 Å². The molecule has 0 heterocycles. The number of amides is 1. The van der Waals surface area contributed by atoms with E-state index in [1.165, 1.54) is 0 Å². The molecule has 0 aliphatic rings. The van der Waals surface area contributed by atoms with Crippen LogP contribution < -0.4 is 10.6 Å². The smallest absolute Gasteiger partial charge is 0.248 e. The molecular weight excluding hydrogens is 228 g/mol. The number of rotatable bonds is 10. The van der Waals surface area contributed by atoms with Crippen LogP contribution in [0, 0.1) is 5.92 Å². The fourth-order valence-corrected chi connectivity index (χ4v) is 1.43. The van der Waals surface area contributed by atoms with E-state index in [1.54, 1.807) is 6.92 Å². The zero-order chi connectivity index (χ0) is 14.0. The van der Waals surface area contributed by atoms with Gasteiger partial charge in [-0.25, -0.2) is 0 Å². The second-order valence-electron chi connectivity index (χ2n) is 5.45. The van der Waals surface area contributed by atoms with Crippen molar-refractivity contribution in [1.82, 2.24) is 10.6 Å². The summed E-state index contributed by atoms with van der Waals surface area (Å²) in [6, 6.07) is 0.502. The van der Waals surface area contributed by atoms with Gasteiger partial charge in [0.05, 0.1) is 0 Å². The molecule has 4 heteroatoms. The number of hydrogen-bond donors (Lipinski definition) is 2. The third-order valence-corrected chi connectivity index (χ3v) is 2.63. The first-order valence-corrected chi connectivity index (χ1v) is 7.06. The molecule has 0 aliphatic carbocycles. The highest BCUT2D eigenvalue weighted by Crippen LogP contribution is 1.98. The van der Waals surface area contributed by atoms with Crippen molar-refractivity contribution in [1.29, 1.82) is 0 Å². The molecule has 0 radical (unpaired) electrons. The monoisotopic (exact) mass is 258 g/mol. The average Bonchev–Trinajstić information content (AvgIpc) is 2.27. The van der Waals surface area contributed by atoms with E-state index < -0.39 is 0 Å². The average molecular weight is 258 g/mol. The number of nitrogens with one attached hydrogen (secondary N) is 2. The Bertz CT molecular complexity index is 218. The van der Waals surface area contributed by atoms with E-state index in [-0.39, 0.29) is 12.0 Å². The van der Waals surface area contributed by atoms with Gasteiger partial charge in [-0.3, -0.25) is 4.79 Å².